The van der Waals surface area contributed by atoms with Crippen molar-refractivity contribution in [1.29, 1.82) is 0 Å². The fraction of sp³-hybridized carbons (Fsp3) is 0.438. The predicted octanol–water partition coefficient (Wildman–Crippen LogP) is 2.02. The molecule has 1 aliphatic carbocycles. The number of hydrogen-bond donors (Lipinski definition) is 2. The van der Waals surface area contributed by atoms with Crippen molar-refractivity contribution in [2.75, 3.05) is 0 Å². The van der Waals surface area contributed by atoms with Crippen molar-refractivity contribution in [3.8, 4) is 0 Å². The first kappa shape index (κ1) is 15.2. The normalized spacial score (nSPS) is 21.0. The Hall–Kier alpha value is -2.17. The zero-order valence-electron chi connectivity index (χ0n) is 11.7. The number of carbonyl (C=O) groups is 3. The van der Waals surface area contributed by atoms with Crippen molar-refractivity contribution in [3.05, 3.63) is 35.9 Å². The molecule has 1 aromatic carbocycles. The van der Waals surface area contributed by atoms with Crippen LogP contribution < -0.4 is 5.32 Å². The number of benzene rings is 1. The second-order valence-electron chi connectivity index (χ2n) is 5.34. The van der Waals surface area contributed by atoms with Crippen LogP contribution in [0.1, 0.15) is 42.5 Å². The summed E-state index contributed by atoms with van der Waals surface area (Å²) >= 11 is 0. The number of rotatable bonds is 6. The summed E-state index contributed by atoms with van der Waals surface area (Å²) in [6.07, 6.45) is 2.33. The van der Waals surface area contributed by atoms with Crippen LogP contribution in [0.25, 0.3) is 0 Å². The van der Waals surface area contributed by atoms with Gasteiger partial charge in [0.2, 0.25) is 5.91 Å². The van der Waals surface area contributed by atoms with Crippen LogP contribution in [0.5, 0.6) is 0 Å². The lowest BCUT2D eigenvalue weighted by molar-refractivity contribution is -0.142. The molecule has 1 fully saturated rings. The molecule has 112 valence electrons. The first-order valence-electron chi connectivity index (χ1n) is 7.18. The molecule has 1 saturated carbocycles. The van der Waals surface area contributed by atoms with E-state index in [-0.39, 0.29) is 30.6 Å². The van der Waals surface area contributed by atoms with E-state index in [1.165, 1.54) is 0 Å². The van der Waals surface area contributed by atoms with E-state index in [2.05, 4.69) is 5.32 Å². The first-order valence-corrected chi connectivity index (χ1v) is 7.18. The summed E-state index contributed by atoms with van der Waals surface area (Å²) < 4.78 is 0. The highest BCUT2D eigenvalue weighted by Gasteiger charge is 2.33. The van der Waals surface area contributed by atoms with Crippen LogP contribution in [-0.4, -0.2) is 28.8 Å². The van der Waals surface area contributed by atoms with E-state index in [1.54, 1.807) is 24.3 Å². The number of carboxylic acids is 1. The lowest BCUT2D eigenvalue weighted by Crippen LogP contribution is -2.40. The van der Waals surface area contributed by atoms with Crippen molar-refractivity contribution < 1.29 is 19.5 Å². The summed E-state index contributed by atoms with van der Waals surface area (Å²) in [5.74, 6) is -1.69. The number of ketones is 1. The Morgan fingerprint density at radius 1 is 1.10 bits per heavy atom. The average molecular weight is 289 g/mol. The van der Waals surface area contributed by atoms with Gasteiger partial charge in [-0.2, -0.15) is 0 Å². The minimum atomic E-state index is -0.863. The monoisotopic (exact) mass is 289 g/mol. The quantitative estimate of drug-likeness (QED) is 0.785. The van der Waals surface area contributed by atoms with E-state index in [0.29, 0.717) is 18.4 Å². The lowest BCUT2D eigenvalue weighted by atomic mass is 10.0. The maximum atomic E-state index is 11.9. The van der Waals surface area contributed by atoms with E-state index in [9.17, 15) is 14.4 Å². The maximum absolute atomic E-state index is 11.9. The number of nitrogens with one attached hydrogen (secondary N) is 1. The van der Waals surface area contributed by atoms with Crippen molar-refractivity contribution in [2.45, 2.75) is 38.1 Å². The molecule has 1 aliphatic rings. The van der Waals surface area contributed by atoms with Crippen molar-refractivity contribution in [2.24, 2.45) is 5.92 Å². The molecule has 1 aromatic rings. The summed E-state index contributed by atoms with van der Waals surface area (Å²) in [7, 11) is 0. The smallest absolute Gasteiger partial charge is 0.308 e. The van der Waals surface area contributed by atoms with Crippen LogP contribution in [0.4, 0.5) is 0 Å². The van der Waals surface area contributed by atoms with Gasteiger partial charge in [-0.1, -0.05) is 36.8 Å². The van der Waals surface area contributed by atoms with E-state index in [1.807, 2.05) is 6.07 Å². The summed E-state index contributed by atoms with van der Waals surface area (Å²) in [5.41, 5.74) is 0.592. The van der Waals surface area contributed by atoms with E-state index in [4.69, 9.17) is 5.11 Å². The summed E-state index contributed by atoms with van der Waals surface area (Å²) in [6.45, 7) is 0. The molecule has 2 rings (SSSR count). The van der Waals surface area contributed by atoms with Gasteiger partial charge in [-0.3, -0.25) is 14.4 Å². The molecule has 5 nitrogen and oxygen atoms in total. The van der Waals surface area contributed by atoms with Crippen LogP contribution in [0.3, 0.4) is 0 Å². The van der Waals surface area contributed by atoms with Gasteiger partial charge < -0.3 is 10.4 Å². The lowest BCUT2D eigenvalue weighted by Gasteiger charge is -2.17. The van der Waals surface area contributed by atoms with Gasteiger partial charge in [0.25, 0.3) is 0 Å². The van der Waals surface area contributed by atoms with Gasteiger partial charge in [0.1, 0.15) is 0 Å². The zero-order valence-corrected chi connectivity index (χ0v) is 11.7. The predicted molar refractivity (Wildman–Crippen MR) is 76.9 cm³/mol. The van der Waals surface area contributed by atoms with Crippen LogP contribution in [-0.2, 0) is 9.59 Å². The molecule has 0 saturated heterocycles. The molecular formula is C16H19NO4. The van der Waals surface area contributed by atoms with Gasteiger partial charge in [-0.25, -0.2) is 0 Å². The average Bonchev–Trinajstić information content (AvgIpc) is 2.94. The Labute approximate surface area is 123 Å². The van der Waals surface area contributed by atoms with Crippen LogP contribution in [0, 0.1) is 5.92 Å². The van der Waals surface area contributed by atoms with Crippen molar-refractivity contribution in [3.63, 3.8) is 0 Å². The largest absolute Gasteiger partial charge is 0.481 e. The Bertz CT molecular complexity index is 526. The molecule has 1 amide bonds. The van der Waals surface area contributed by atoms with E-state index >= 15 is 0 Å². The van der Waals surface area contributed by atoms with Crippen molar-refractivity contribution in [1.82, 2.24) is 5.32 Å². The summed E-state index contributed by atoms with van der Waals surface area (Å²) in [6, 6.07) is 8.53. The van der Waals surface area contributed by atoms with E-state index < -0.39 is 11.9 Å². The SMILES string of the molecule is O=C(CCC(=O)c1ccccc1)N[C@H]1CCC[C@H]1C(=O)O. The minimum Gasteiger partial charge on any atom is -0.481 e. The number of Topliss-reactive ketones (excluding diaryl/α,β-unsaturated/α-hetero) is 1. The van der Waals surface area contributed by atoms with Gasteiger partial charge in [0, 0.05) is 24.4 Å². The summed E-state index contributed by atoms with van der Waals surface area (Å²) in [4.78, 5) is 34.8. The molecule has 0 spiro atoms. The van der Waals surface area contributed by atoms with Gasteiger partial charge in [-0.05, 0) is 12.8 Å². The second-order valence-corrected chi connectivity index (χ2v) is 5.34. The third-order valence-electron chi connectivity index (χ3n) is 3.85. The van der Waals surface area contributed by atoms with Gasteiger partial charge in [0.05, 0.1) is 5.92 Å². The van der Waals surface area contributed by atoms with Crippen LogP contribution in [0.2, 0.25) is 0 Å². The van der Waals surface area contributed by atoms with Gasteiger partial charge in [-0.15, -0.1) is 0 Å². The maximum Gasteiger partial charge on any atom is 0.308 e. The highest BCUT2D eigenvalue weighted by Crippen LogP contribution is 2.25. The van der Waals surface area contributed by atoms with Gasteiger partial charge in [0.15, 0.2) is 5.78 Å². The highest BCUT2D eigenvalue weighted by molar-refractivity contribution is 5.97. The zero-order chi connectivity index (χ0) is 15.2. The van der Waals surface area contributed by atoms with E-state index in [0.717, 1.165) is 6.42 Å². The molecular weight excluding hydrogens is 270 g/mol. The number of carboxylic acid groups (broad SMARTS) is 1. The number of carbonyl (C=O) groups excluding carboxylic acids is 2. The highest BCUT2D eigenvalue weighted by atomic mass is 16.4. The molecule has 2 atom stereocenters. The third kappa shape index (κ3) is 4.15. The topological polar surface area (TPSA) is 83.5 Å². The molecule has 0 radical (unpaired) electrons. The molecule has 2 N–H and O–H groups in total. The summed E-state index contributed by atoms with van der Waals surface area (Å²) in [5, 5.41) is 11.8. The molecule has 0 unspecified atom stereocenters. The second kappa shape index (κ2) is 7.02. The molecule has 5 heteroatoms. The fourth-order valence-electron chi connectivity index (χ4n) is 2.70. The Morgan fingerprint density at radius 2 is 1.81 bits per heavy atom. The van der Waals surface area contributed by atoms with Gasteiger partial charge >= 0.3 is 5.97 Å². The molecule has 0 aliphatic heterocycles. The molecule has 0 bridgehead atoms. The number of hydrogen-bond acceptors (Lipinski definition) is 3. The standard InChI is InChI=1S/C16H19NO4/c18-14(11-5-2-1-3-6-11)9-10-15(19)17-13-8-4-7-12(13)16(20)21/h1-3,5-6,12-13H,4,7-10H2,(H,17,19)(H,20,21)/t12-,13+/m1/s1. The Morgan fingerprint density at radius 3 is 2.48 bits per heavy atom. The molecule has 0 heterocycles. The Balaban J connectivity index is 1.80. The first-order chi connectivity index (χ1) is 10.1. The van der Waals surface area contributed by atoms with Crippen LogP contribution in [0.15, 0.2) is 30.3 Å². The Kier molecular flexibility index (Phi) is 5.09. The fourth-order valence-corrected chi connectivity index (χ4v) is 2.70. The third-order valence-corrected chi connectivity index (χ3v) is 3.85. The minimum absolute atomic E-state index is 0.0769. The number of amides is 1. The molecule has 21 heavy (non-hydrogen) atoms. The number of aliphatic carboxylic acids is 1. The van der Waals surface area contributed by atoms with Crippen molar-refractivity contribution >= 4 is 17.7 Å². The van der Waals surface area contributed by atoms with Crippen LogP contribution >= 0.6 is 0 Å². The molecule has 0 aromatic heterocycles.